The monoisotopic (exact) mass is 552 g/mol. The highest BCUT2D eigenvalue weighted by Crippen LogP contribution is 2.40. The molecule has 1 heterocycles. The van der Waals surface area contributed by atoms with Crippen LogP contribution in [0.2, 0.25) is 0 Å². The second-order valence-electron chi connectivity index (χ2n) is 10.4. The lowest BCUT2D eigenvalue weighted by molar-refractivity contribution is -0.184. The van der Waals surface area contributed by atoms with Crippen LogP contribution in [0, 0.1) is 11.8 Å². The molecular formula is C28H35F3N2O4S. The van der Waals surface area contributed by atoms with Gasteiger partial charge < -0.3 is 10.4 Å². The number of alkyl halides is 3. The van der Waals surface area contributed by atoms with E-state index >= 15 is 0 Å². The van der Waals surface area contributed by atoms with Gasteiger partial charge in [-0.05, 0) is 79.0 Å². The molecule has 0 aromatic heterocycles. The van der Waals surface area contributed by atoms with Gasteiger partial charge in [-0.2, -0.15) is 13.2 Å². The fourth-order valence-electron chi connectivity index (χ4n) is 5.54. The number of halogens is 3. The maximum Gasteiger partial charge on any atom is 0.391 e. The van der Waals surface area contributed by atoms with E-state index in [1.54, 1.807) is 25.1 Å². The molecule has 38 heavy (non-hydrogen) atoms. The topological polar surface area (TPSA) is 86.7 Å². The maximum absolute atomic E-state index is 13.1. The molecule has 0 bridgehead atoms. The minimum Gasteiger partial charge on any atom is -0.396 e. The lowest BCUT2D eigenvalue weighted by Crippen LogP contribution is -2.32. The lowest BCUT2D eigenvalue weighted by atomic mass is 9.81. The van der Waals surface area contributed by atoms with E-state index in [2.05, 4.69) is 10.2 Å². The Morgan fingerprint density at radius 2 is 1.71 bits per heavy atom. The smallest absolute Gasteiger partial charge is 0.391 e. The third kappa shape index (κ3) is 6.76. The summed E-state index contributed by atoms with van der Waals surface area (Å²) in [6.07, 6.45) is -2.25. The van der Waals surface area contributed by atoms with Gasteiger partial charge in [-0.1, -0.05) is 25.1 Å². The summed E-state index contributed by atoms with van der Waals surface area (Å²) in [6.45, 7) is 3.56. The molecule has 2 N–H and O–H groups in total. The number of carbonyl (C=O) groups is 1. The highest BCUT2D eigenvalue weighted by molar-refractivity contribution is 7.91. The van der Waals surface area contributed by atoms with Crippen LogP contribution < -0.4 is 5.32 Å². The zero-order valence-electron chi connectivity index (χ0n) is 21.5. The van der Waals surface area contributed by atoms with Crippen LogP contribution in [0.25, 0.3) is 0 Å². The Labute approximate surface area is 222 Å². The van der Waals surface area contributed by atoms with Crippen molar-refractivity contribution in [3.63, 3.8) is 0 Å². The molecule has 0 saturated heterocycles. The van der Waals surface area contributed by atoms with E-state index in [-0.39, 0.29) is 48.3 Å². The van der Waals surface area contributed by atoms with Crippen LogP contribution in [0.1, 0.15) is 72.1 Å². The number of carbonyl (C=O) groups excluding carboxylic acids is 1. The van der Waals surface area contributed by atoms with Crippen molar-refractivity contribution in [3.05, 3.63) is 64.7 Å². The van der Waals surface area contributed by atoms with E-state index < -0.39 is 28.0 Å². The first-order chi connectivity index (χ1) is 18.0. The van der Waals surface area contributed by atoms with Gasteiger partial charge in [-0.25, -0.2) is 8.42 Å². The molecule has 6 nitrogen and oxygen atoms in total. The molecule has 1 amide bonds. The predicted octanol–water partition coefficient (Wildman–Crippen LogP) is 5.02. The van der Waals surface area contributed by atoms with Gasteiger partial charge in [0.1, 0.15) is 0 Å². The fraction of sp³-hybridized carbons (Fsp3) is 0.536. The first kappa shape index (κ1) is 28.6. The molecule has 4 rings (SSSR count). The summed E-state index contributed by atoms with van der Waals surface area (Å²) in [5.74, 6) is -1.21. The molecule has 0 spiro atoms. The number of hydrogen-bond donors (Lipinski definition) is 2. The largest absolute Gasteiger partial charge is 0.396 e. The number of nitrogens with zero attached hydrogens (tertiary/aromatic N) is 1. The standard InChI is InChI=1S/C28H35F3N2O4S/c1-2-38(36,37)25-11-7-20(8-12-25)26(13-14-34)32-27(35)21-5-6-22-17-33(18-23(22)15-21)16-19-3-9-24(10-4-19)28(29,30)31/h5-8,11-12,15,19,24,26,34H,2-4,9-10,13-14,16-18H2,1H3,(H,32,35)/t19?,24?,26-/m0/s1. The van der Waals surface area contributed by atoms with Gasteiger partial charge in [0, 0.05) is 31.8 Å². The number of benzene rings is 2. The first-order valence-electron chi connectivity index (χ1n) is 13.2. The number of amides is 1. The van der Waals surface area contributed by atoms with Crippen molar-refractivity contribution in [2.45, 2.75) is 69.2 Å². The molecule has 1 atom stereocenters. The Bertz CT molecular complexity index is 1220. The van der Waals surface area contributed by atoms with Gasteiger partial charge in [0.15, 0.2) is 9.84 Å². The van der Waals surface area contributed by atoms with Crippen LogP contribution in [-0.4, -0.2) is 49.4 Å². The lowest BCUT2D eigenvalue weighted by Gasteiger charge is -2.32. The van der Waals surface area contributed by atoms with Crippen molar-refractivity contribution in [2.75, 3.05) is 18.9 Å². The zero-order chi connectivity index (χ0) is 27.5. The van der Waals surface area contributed by atoms with Crippen molar-refractivity contribution in [1.82, 2.24) is 10.2 Å². The van der Waals surface area contributed by atoms with E-state index in [1.807, 2.05) is 12.1 Å². The number of fused-ring (bicyclic) bond motifs is 1. The number of hydrogen-bond acceptors (Lipinski definition) is 5. The van der Waals surface area contributed by atoms with Crippen molar-refractivity contribution in [1.29, 1.82) is 0 Å². The van der Waals surface area contributed by atoms with Crippen LogP contribution in [0.4, 0.5) is 13.2 Å². The first-order valence-corrected chi connectivity index (χ1v) is 14.8. The van der Waals surface area contributed by atoms with Crippen molar-refractivity contribution in [2.24, 2.45) is 11.8 Å². The molecular weight excluding hydrogens is 517 g/mol. The molecule has 1 saturated carbocycles. The minimum atomic E-state index is -4.10. The highest BCUT2D eigenvalue weighted by Gasteiger charge is 2.41. The maximum atomic E-state index is 13.1. The van der Waals surface area contributed by atoms with E-state index in [0.717, 1.165) is 24.2 Å². The summed E-state index contributed by atoms with van der Waals surface area (Å²) >= 11 is 0. The number of aliphatic hydroxyl groups is 1. The van der Waals surface area contributed by atoms with Crippen LogP contribution in [0.15, 0.2) is 47.4 Å². The van der Waals surface area contributed by atoms with Crippen molar-refractivity contribution >= 4 is 15.7 Å². The fourth-order valence-corrected chi connectivity index (χ4v) is 6.42. The van der Waals surface area contributed by atoms with Crippen molar-refractivity contribution < 1.29 is 31.5 Å². The van der Waals surface area contributed by atoms with E-state index in [9.17, 15) is 31.5 Å². The average molecular weight is 553 g/mol. The number of aliphatic hydroxyl groups excluding tert-OH is 1. The molecule has 1 aliphatic carbocycles. The molecule has 2 aromatic carbocycles. The predicted molar refractivity (Wildman–Crippen MR) is 138 cm³/mol. The summed E-state index contributed by atoms with van der Waals surface area (Å²) < 4.78 is 63.1. The van der Waals surface area contributed by atoms with Gasteiger partial charge in [0.05, 0.1) is 22.6 Å². The third-order valence-corrected chi connectivity index (χ3v) is 9.58. The number of nitrogens with one attached hydrogen (secondary N) is 1. The molecule has 0 radical (unpaired) electrons. The molecule has 10 heteroatoms. The number of sulfone groups is 1. The van der Waals surface area contributed by atoms with E-state index in [1.165, 1.54) is 12.1 Å². The van der Waals surface area contributed by atoms with Crippen LogP contribution in [0.5, 0.6) is 0 Å². The zero-order valence-corrected chi connectivity index (χ0v) is 22.3. The van der Waals surface area contributed by atoms with Gasteiger partial charge in [0.25, 0.3) is 5.91 Å². The normalized spacial score (nSPS) is 21.2. The van der Waals surface area contributed by atoms with E-state index in [4.69, 9.17) is 0 Å². The Balaban J connectivity index is 1.36. The average Bonchev–Trinajstić information content (AvgIpc) is 3.29. The Kier molecular flexibility index (Phi) is 8.84. The van der Waals surface area contributed by atoms with Crippen LogP contribution >= 0.6 is 0 Å². The highest BCUT2D eigenvalue weighted by atomic mass is 32.2. The van der Waals surface area contributed by atoms with Crippen LogP contribution in [-0.2, 0) is 22.9 Å². The summed E-state index contributed by atoms with van der Waals surface area (Å²) in [4.78, 5) is 15.6. The third-order valence-electron chi connectivity index (χ3n) is 7.83. The second kappa shape index (κ2) is 11.8. The van der Waals surface area contributed by atoms with Gasteiger partial charge in [-0.3, -0.25) is 9.69 Å². The minimum absolute atomic E-state index is 0.00190. The molecule has 208 valence electrons. The van der Waals surface area contributed by atoms with Crippen molar-refractivity contribution in [3.8, 4) is 0 Å². The van der Waals surface area contributed by atoms with Crippen LogP contribution in [0.3, 0.4) is 0 Å². The van der Waals surface area contributed by atoms with Gasteiger partial charge in [-0.15, -0.1) is 0 Å². The van der Waals surface area contributed by atoms with Gasteiger partial charge in [0.2, 0.25) is 0 Å². The Morgan fingerprint density at radius 1 is 1.05 bits per heavy atom. The van der Waals surface area contributed by atoms with Gasteiger partial charge >= 0.3 is 6.18 Å². The quantitative estimate of drug-likeness (QED) is 0.456. The SMILES string of the molecule is CCS(=O)(=O)c1ccc([C@H](CCO)NC(=O)c2ccc3c(c2)CN(CC2CCC(C(F)(F)F)CC2)C3)cc1. The van der Waals surface area contributed by atoms with E-state index in [0.29, 0.717) is 30.5 Å². The second-order valence-corrected chi connectivity index (χ2v) is 12.7. The molecule has 0 unspecified atom stereocenters. The summed E-state index contributed by atoms with van der Waals surface area (Å²) in [7, 11) is -3.33. The molecule has 1 aliphatic heterocycles. The summed E-state index contributed by atoms with van der Waals surface area (Å²) in [5.41, 5.74) is 3.35. The Hall–Kier alpha value is -2.43. The number of rotatable bonds is 9. The Morgan fingerprint density at radius 3 is 2.32 bits per heavy atom. The molecule has 2 aromatic rings. The molecule has 2 aliphatic rings. The molecule has 1 fully saturated rings. The summed E-state index contributed by atoms with van der Waals surface area (Å²) in [6, 6.07) is 11.4. The summed E-state index contributed by atoms with van der Waals surface area (Å²) in [5, 5.41) is 12.5.